The van der Waals surface area contributed by atoms with Gasteiger partial charge >= 0.3 is 17.9 Å². The number of fused-ring (bicyclic) bond motifs is 5. The number of phenolic OH excluding ortho intramolecular Hbond substituents is 1. The number of rotatable bonds is 30. The number of nitrogens with one attached hydrogen (secondary N) is 22. The van der Waals surface area contributed by atoms with E-state index >= 15 is 9.59 Å². The highest BCUT2D eigenvalue weighted by Crippen LogP contribution is 2.26. The number of carbonyl (C=O) groups is 20. The predicted molar refractivity (Wildman–Crippen MR) is 491 cm³/mol. The minimum absolute atomic E-state index is 0.0666. The zero-order valence-corrected chi connectivity index (χ0v) is 77.4. The molecule has 0 spiro atoms. The lowest BCUT2D eigenvalue weighted by molar-refractivity contribution is -0.142. The van der Waals surface area contributed by atoms with Gasteiger partial charge in [0.05, 0.1) is 32.2 Å². The van der Waals surface area contributed by atoms with Crippen molar-refractivity contribution >= 4 is 171 Å². The van der Waals surface area contributed by atoms with Gasteiger partial charge in [0.15, 0.2) is 17.9 Å². The number of carbonyl (C=O) groups excluding carboxylic acids is 17. The molecule has 0 aliphatic carbocycles. The molecule has 2 heterocycles. The third-order valence-electron chi connectivity index (χ3n) is 20.0. The quantitative estimate of drug-likeness (QED) is 0.0196. The van der Waals surface area contributed by atoms with E-state index < -0.39 is 309 Å². The molecule has 53 nitrogen and oxygen atoms in total. The summed E-state index contributed by atoms with van der Waals surface area (Å²) in [4.78, 5) is 280. The molecule has 2 aromatic rings. The number of phenols is 1. The van der Waals surface area contributed by atoms with Gasteiger partial charge in [-0.15, -0.1) is 0 Å². The highest BCUT2D eigenvalue weighted by Gasteiger charge is 2.40. The molecular weight excluding hydrogens is 1850 g/mol. The second kappa shape index (κ2) is 59.2. The number of aliphatic hydroxyl groups is 2. The molecule has 4 bridgehead atoms. The molecule has 0 fully saturated rings. The molecule has 15 atom stereocenters. The molecule has 0 saturated carbocycles. The van der Waals surface area contributed by atoms with Crippen LogP contribution in [0.3, 0.4) is 0 Å². The first-order valence-electron chi connectivity index (χ1n) is 42.7. The number of carboxylic acid groups (broad SMARTS) is 3. The molecule has 0 unspecified atom stereocenters. The smallest absolute Gasteiger partial charge is 0.322 e. The number of amides is 17. The zero-order valence-electron chi connectivity index (χ0n) is 74.9. The van der Waals surface area contributed by atoms with Crippen LogP contribution in [-0.2, 0) is 120 Å². The Morgan fingerprint density at radius 2 is 0.868 bits per heavy atom. The molecule has 0 radical (unpaired) electrons. The van der Waals surface area contributed by atoms with Crippen LogP contribution in [0.15, 0.2) is 42.5 Å². The summed E-state index contributed by atoms with van der Waals surface area (Å²) in [5.74, 6) is -29.2. The number of hydrogen-bond acceptors (Lipinski definition) is 30. The maximum absolute atomic E-state index is 15.3. The summed E-state index contributed by atoms with van der Waals surface area (Å²) in [5, 5.41) is 130. The van der Waals surface area contributed by atoms with Crippen LogP contribution in [0, 0.1) is 22.1 Å². The Balaban J connectivity index is 2.10. The lowest BCUT2D eigenvalue weighted by Crippen LogP contribution is -2.62. The maximum Gasteiger partial charge on any atom is 0.322 e. The van der Waals surface area contributed by atoms with E-state index in [4.69, 9.17) is 44.9 Å². The highest BCUT2D eigenvalue weighted by molar-refractivity contribution is 7.99. The van der Waals surface area contributed by atoms with Crippen molar-refractivity contribution in [3.8, 4) is 5.75 Å². The van der Waals surface area contributed by atoms with Crippen LogP contribution in [0.5, 0.6) is 5.75 Å². The van der Waals surface area contributed by atoms with Crippen molar-refractivity contribution in [1.29, 1.82) is 16.2 Å². The fourth-order valence-electron chi connectivity index (χ4n) is 12.9. The number of nitrogens with two attached hydrogens (primary N) is 5. The van der Waals surface area contributed by atoms with Crippen LogP contribution >= 0.6 is 35.3 Å². The summed E-state index contributed by atoms with van der Waals surface area (Å²) in [6.45, 7) is 0.459. The van der Waals surface area contributed by atoms with E-state index in [1.807, 2.05) is 0 Å². The van der Waals surface area contributed by atoms with E-state index in [0.29, 0.717) is 16.7 Å². The Morgan fingerprint density at radius 3 is 1.35 bits per heavy atom. The van der Waals surface area contributed by atoms with E-state index in [9.17, 15) is 117 Å². The van der Waals surface area contributed by atoms with Crippen LogP contribution in [-0.4, -0.2) is 321 Å². The molecule has 0 aromatic heterocycles. The van der Waals surface area contributed by atoms with E-state index in [1.165, 1.54) is 45.0 Å². The molecule has 136 heavy (non-hydrogen) atoms. The van der Waals surface area contributed by atoms with Crippen LogP contribution in [0.4, 0.5) is 0 Å². The summed E-state index contributed by atoms with van der Waals surface area (Å²) in [6, 6.07) is -16.8. The topological polar surface area (TPSA) is 893 Å². The average Bonchev–Trinajstić information content (AvgIpc) is 0.855. The predicted octanol–water partition coefficient (Wildman–Crippen LogP) is -11.1. The molecule has 17 amide bonds. The molecule has 38 N–H and O–H groups in total. The van der Waals surface area contributed by atoms with Gasteiger partial charge in [0, 0.05) is 73.4 Å². The minimum Gasteiger partial charge on any atom is -0.508 e. The molecule has 0 saturated heterocycles. The van der Waals surface area contributed by atoms with Crippen molar-refractivity contribution in [1.82, 2.24) is 101 Å². The summed E-state index contributed by atoms with van der Waals surface area (Å²) in [6.07, 6.45) is -5.89. The SMILES string of the molecule is CC(C)[C@@H]1NC(=O)[C@H](CCC(=O)O)NC(=O)[C@H](Cc2ccc(O)cc2)NC(=O)[C@H](CCCNC(=N)N)NC(=O)[C@H](CO)NC(=O)[C@@H](NC(=O)[C@H](C)N)CSCc2cc3cc(c2)CSC[C@H](NC(=O)[C@H](CC(=O)O)NC1=O)C(=O)N[C@@H](CCCNC(=N)N)C(=O)NCC(=O)N[C@@H](CCCNC(=N)N)C(=O)N[C@H](CCC(N)=O)C(=O)N[C@@H](CO)C(=O)N[C@@H](C)C(=O)N[C@H](C(=O)NCC(=O)O)CSC3. The number of benzene rings is 2. The number of aliphatic hydroxyl groups excluding tert-OH is 2. The van der Waals surface area contributed by atoms with Gasteiger partial charge in [0.25, 0.3) is 0 Å². The Hall–Kier alpha value is -13.6. The summed E-state index contributed by atoms with van der Waals surface area (Å²) < 4.78 is 0. The summed E-state index contributed by atoms with van der Waals surface area (Å²) in [7, 11) is 0. The standard InChI is InChI=1S/C80H123N27O26S3/c1-37(2)62-77(133)101-51(26-60(115)116)72(128)106-56-36-136-33-43-23-41(22-42(24-43)32-135-35-55(104-63(119)38(3)81)76(132)103-53(30-109)74(130)97-47(10-7-21-91-80(87)88)68(124)100-50(25-40-11-13-44(110)14-12-40)71(127)99-49(70(126)107-62)16-18-59(113)114)31-134-34-54(66(122)93-28-61(117)118)105-64(120)39(4)94-73(129)52(29-108)102-69(125)48(15-17-57(82)111)98-67(123)46(9-6-20-90-79(85)86)95-58(112)27-92-65(121)45(96-75(56)131)8-5-19-89-78(83)84/h11-14,22-24,37-39,45-56,62,108-110H,5-10,15-21,25-36,81H2,1-4H3,(H2,82,111)(H,92,121)(H,93,122)(H,94,129)(H,95,112)(H,96,131)(H,97,130)(H,98,123)(H,99,127)(H,100,124)(H,101,133)(H,102,125)(H,103,132)(H,104,119)(H,105,120)(H,106,128)(H,107,126)(H,113,114)(H,115,116)(H,117,118)(H4,83,84,89)(H4,85,86,90)(H4,87,88,91)/t38-,39-,45-,46-,47-,48+,49-,50-,51-,52-,53-,54-,55-,56-,62-/m0/s1. The number of guanidine groups is 3. The fraction of sp³-hybridized carbons (Fsp3) is 0.562. The van der Waals surface area contributed by atoms with Gasteiger partial charge in [0.2, 0.25) is 100 Å². The second-order valence-corrected chi connectivity index (χ2v) is 34.9. The number of carboxylic acids is 3. The first kappa shape index (κ1) is 115. The summed E-state index contributed by atoms with van der Waals surface area (Å²) in [5.41, 5.74) is 29.4. The van der Waals surface area contributed by atoms with E-state index in [-0.39, 0.29) is 92.5 Å². The lowest BCUT2D eigenvalue weighted by Gasteiger charge is -2.29. The third-order valence-corrected chi connectivity index (χ3v) is 23.4. The molecule has 2 aromatic carbocycles. The molecular formula is C80H123N27O26S3. The van der Waals surface area contributed by atoms with E-state index in [0.717, 1.165) is 42.2 Å². The lowest BCUT2D eigenvalue weighted by atomic mass is 10.0. The van der Waals surface area contributed by atoms with Gasteiger partial charge in [-0.2, -0.15) is 35.3 Å². The van der Waals surface area contributed by atoms with Crippen molar-refractivity contribution in [3.63, 3.8) is 0 Å². The van der Waals surface area contributed by atoms with Gasteiger partial charge in [-0.05, 0) is 106 Å². The number of thioether (sulfide) groups is 3. The number of hydrogen-bond donors (Lipinski definition) is 33. The Morgan fingerprint density at radius 1 is 0.449 bits per heavy atom. The van der Waals surface area contributed by atoms with Gasteiger partial charge in [-0.3, -0.25) is 112 Å². The Labute approximate surface area is 792 Å². The van der Waals surface area contributed by atoms with Gasteiger partial charge in [0.1, 0.15) is 96.9 Å². The largest absolute Gasteiger partial charge is 0.508 e. The van der Waals surface area contributed by atoms with Crippen LogP contribution < -0.4 is 130 Å². The zero-order chi connectivity index (χ0) is 102. The third kappa shape index (κ3) is 43.2. The molecule has 752 valence electrons. The van der Waals surface area contributed by atoms with Crippen LogP contribution in [0.1, 0.15) is 121 Å². The highest BCUT2D eigenvalue weighted by atomic mass is 32.2. The number of aromatic hydroxyl groups is 1. The van der Waals surface area contributed by atoms with Crippen molar-refractivity contribution in [3.05, 3.63) is 64.7 Å². The van der Waals surface area contributed by atoms with Gasteiger partial charge in [-0.1, -0.05) is 44.2 Å². The molecule has 4 rings (SSSR count). The molecule has 2 aliphatic heterocycles. The first-order valence-corrected chi connectivity index (χ1v) is 46.2. The minimum atomic E-state index is -2.20. The Bertz CT molecular complexity index is 4600. The normalized spacial score (nSPS) is 23.6. The van der Waals surface area contributed by atoms with Gasteiger partial charge < -0.3 is 160 Å². The number of aliphatic carboxylic acids is 3. The monoisotopic (exact) mass is 1970 g/mol. The van der Waals surface area contributed by atoms with Crippen molar-refractivity contribution in [2.45, 2.75) is 213 Å². The fourth-order valence-corrected chi connectivity index (χ4v) is 15.9. The van der Waals surface area contributed by atoms with E-state index in [2.05, 4.69) is 101 Å². The summed E-state index contributed by atoms with van der Waals surface area (Å²) >= 11 is 2.83. The Kier molecular flexibility index (Phi) is 49.9. The van der Waals surface area contributed by atoms with Crippen molar-refractivity contribution in [2.24, 2.45) is 34.6 Å². The van der Waals surface area contributed by atoms with Crippen molar-refractivity contribution in [2.75, 3.05) is 63.2 Å². The first-order chi connectivity index (χ1) is 64.2. The van der Waals surface area contributed by atoms with Crippen molar-refractivity contribution < 1.29 is 127 Å². The average molecular weight is 1980 g/mol. The van der Waals surface area contributed by atoms with Crippen LogP contribution in [0.2, 0.25) is 0 Å². The van der Waals surface area contributed by atoms with Crippen LogP contribution in [0.25, 0.3) is 0 Å². The van der Waals surface area contributed by atoms with E-state index in [1.54, 1.807) is 18.2 Å². The second-order valence-electron chi connectivity index (χ2n) is 31.8. The molecule has 56 heteroatoms. The number of primary amides is 1. The van der Waals surface area contributed by atoms with Gasteiger partial charge in [-0.25, -0.2) is 0 Å². The molecule has 2 aliphatic rings. The maximum atomic E-state index is 15.3.